The van der Waals surface area contributed by atoms with Gasteiger partial charge in [0.1, 0.15) is 5.82 Å². The number of benzene rings is 1. The summed E-state index contributed by atoms with van der Waals surface area (Å²) in [6.07, 6.45) is 19.9. The van der Waals surface area contributed by atoms with Crippen molar-refractivity contribution in [2.45, 2.75) is 70.9 Å². The van der Waals surface area contributed by atoms with Gasteiger partial charge in [-0.15, -0.1) is 0 Å². The van der Waals surface area contributed by atoms with Crippen molar-refractivity contribution in [3.8, 4) is 0 Å². The second-order valence-electron chi connectivity index (χ2n) is 7.05. The zero-order valence-corrected chi connectivity index (χ0v) is 16.5. The van der Waals surface area contributed by atoms with Gasteiger partial charge < -0.3 is 9.30 Å². The van der Waals surface area contributed by atoms with Crippen LogP contribution in [0.15, 0.2) is 49.1 Å². The molecule has 1 unspecified atom stereocenters. The average Bonchev–Trinajstić information content (AvgIpc) is 3.19. The first-order valence-electron chi connectivity index (χ1n) is 10.3. The van der Waals surface area contributed by atoms with E-state index < -0.39 is 0 Å². The molecule has 4 heteroatoms. The van der Waals surface area contributed by atoms with Crippen LogP contribution in [0.5, 0.6) is 0 Å². The first kappa shape index (κ1) is 21.4. The summed E-state index contributed by atoms with van der Waals surface area (Å²) >= 11 is 0. The summed E-state index contributed by atoms with van der Waals surface area (Å²) in [7, 11) is 0. The van der Waals surface area contributed by atoms with Crippen LogP contribution in [0.4, 0.5) is 4.39 Å². The van der Waals surface area contributed by atoms with Crippen LogP contribution in [-0.2, 0) is 11.3 Å². The molecule has 1 aromatic carbocycles. The zero-order chi connectivity index (χ0) is 19.2. The van der Waals surface area contributed by atoms with Gasteiger partial charge in [-0.2, -0.15) is 0 Å². The van der Waals surface area contributed by atoms with Crippen molar-refractivity contribution in [2.24, 2.45) is 0 Å². The van der Waals surface area contributed by atoms with Gasteiger partial charge in [0.05, 0.1) is 19.0 Å². The van der Waals surface area contributed by atoms with Crippen molar-refractivity contribution < 1.29 is 9.13 Å². The van der Waals surface area contributed by atoms with Crippen LogP contribution in [0, 0.1) is 5.82 Å². The van der Waals surface area contributed by atoms with E-state index in [-0.39, 0.29) is 11.9 Å². The standard InChI is InChI=1S/C23H33FN2O/c1-2-3-4-5-6-7-8-9-18-27-23(19-26-17-16-25-20-26)15-12-21-10-13-22(24)14-11-21/h10-17,20,23H,2-9,18-19H2,1H3. The molecule has 3 nitrogen and oxygen atoms in total. The maximum absolute atomic E-state index is 13.0. The summed E-state index contributed by atoms with van der Waals surface area (Å²) < 4.78 is 21.2. The molecule has 0 aliphatic heterocycles. The Bertz CT molecular complexity index is 622. The molecular formula is C23H33FN2O. The quantitative estimate of drug-likeness (QED) is 0.366. The highest BCUT2D eigenvalue weighted by atomic mass is 19.1. The molecule has 0 amide bonds. The molecule has 1 atom stereocenters. The van der Waals surface area contributed by atoms with Gasteiger partial charge in [0.15, 0.2) is 0 Å². The van der Waals surface area contributed by atoms with E-state index in [2.05, 4.69) is 18.0 Å². The fourth-order valence-corrected chi connectivity index (χ4v) is 3.03. The number of ether oxygens (including phenoxy) is 1. The minimum Gasteiger partial charge on any atom is -0.372 e. The number of imidazole rings is 1. The Morgan fingerprint density at radius 3 is 2.41 bits per heavy atom. The SMILES string of the molecule is CCCCCCCCCCOC(C=Cc1ccc(F)cc1)Cn1ccnc1. The van der Waals surface area contributed by atoms with Crippen LogP contribution in [0.3, 0.4) is 0 Å². The van der Waals surface area contributed by atoms with E-state index >= 15 is 0 Å². The third-order valence-corrected chi connectivity index (χ3v) is 4.65. The van der Waals surface area contributed by atoms with Gasteiger partial charge in [-0.3, -0.25) is 0 Å². The normalized spacial score (nSPS) is 12.7. The molecule has 0 radical (unpaired) electrons. The van der Waals surface area contributed by atoms with E-state index in [1.807, 2.05) is 16.8 Å². The molecule has 0 aliphatic carbocycles. The third kappa shape index (κ3) is 9.53. The van der Waals surface area contributed by atoms with Crippen LogP contribution in [0.25, 0.3) is 6.08 Å². The lowest BCUT2D eigenvalue weighted by Gasteiger charge is -2.15. The second kappa shape index (κ2) is 13.3. The number of unbranched alkanes of at least 4 members (excludes halogenated alkanes) is 7. The van der Waals surface area contributed by atoms with Crippen LogP contribution < -0.4 is 0 Å². The van der Waals surface area contributed by atoms with E-state index in [9.17, 15) is 4.39 Å². The van der Waals surface area contributed by atoms with Gasteiger partial charge in [0.2, 0.25) is 0 Å². The lowest BCUT2D eigenvalue weighted by molar-refractivity contribution is 0.0710. The number of halogens is 1. The molecule has 27 heavy (non-hydrogen) atoms. The molecule has 2 rings (SSSR count). The highest BCUT2D eigenvalue weighted by molar-refractivity contribution is 5.49. The van der Waals surface area contributed by atoms with Crippen molar-refractivity contribution in [1.82, 2.24) is 9.55 Å². The van der Waals surface area contributed by atoms with Crippen molar-refractivity contribution in [3.05, 3.63) is 60.4 Å². The minimum absolute atomic E-state index is 0.0196. The molecule has 2 aromatic rings. The minimum atomic E-state index is -0.215. The van der Waals surface area contributed by atoms with Crippen LogP contribution in [-0.4, -0.2) is 22.3 Å². The average molecular weight is 373 g/mol. The van der Waals surface area contributed by atoms with Gasteiger partial charge in [0, 0.05) is 19.0 Å². The summed E-state index contributed by atoms with van der Waals surface area (Å²) in [4.78, 5) is 4.10. The molecule has 0 fully saturated rings. The first-order valence-corrected chi connectivity index (χ1v) is 10.3. The topological polar surface area (TPSA) is 27.1 Å². The van der Waals surface area contributed by atoms with Gasteiger partial charge >= 0.3 is 0 Å². The highest BCUT2D eigenvalue weighted by Gasteiger charge is 2.06. The molecule has 0 spiro atoms. The Labute approximate surface area is 163 Å². The molecule has 0 aliphatic rings. The lowest BCUT2D eigenvalue weighted by atomic mass is 10.1. The Hall–Kier alpha value is -1.94. The van der Waals surface area contributed by atoms with Crippen LogP contribution in [0.2, 0.25) is 0 Å². The Kier molecular flexibility index (Phi) is 10.5. The fraction of sp³-hybridized carbons (Fsp3) is 0.522. The van der Waals surface area contributed by atoms with Crippen LogP contribution >= 0.6 is 0 Å². The first-order chi connectivity index (χ1) is 13.3. The second-order valence-corrected chi connectivity index (χ2v) is 7.05. The summed E-state index contributed by atoms with van der Waals surface area (Å²) in [5, 5.41) is 0. The Balaban J connectivity index is 1.72. The molecule has 0 saturated carbocycles. The van der Waals surface area contributed by atoms with E-state index in [1.54, 1.807) is 24.7 Å². The molecule has 0 N–H and O–H groups in total. The molecule has 1 aromatic heterocycles. The summed E-state index contributed by atoms with van der Waals surface area (Å²) in [5.74, 6) is -0.215. The summed E-state index contributed by atoms with van der Waals surface area (Å²) in [6, 6.07) is 6.51. The molecule has 0 saturated heterocycles. The third-order valence-electron chi connectivity index (χ3n) is 4.65. The van der Waals surface area contributed by atoms with Gasteiger partial charge in [0.25, 0.3) is 0 Å². The highest BCUT2D eigenvalue weighted by Crippen LogP contribution is 2.11. The van der Waals surface area contributed by atoms with E-state index in [0.29, 0.717) is 0 Å². The summed E-state index contributed by atoms with van der Waals surface area (Å²) in [6.45, 7) is 3.75. The lowest BCUT2D eigenvalue weighted by Crippen LogP contribution is -2.18. The maximum atomic E-state index is 13.0. The maximum Gasteiger partial charge on any atom is 0.123 e. The van der Waals surface area contributed by atoms with Crippen molar-refractivity contribution >= 4 is 6.08 Å². The van der Waals surface area contributed by atoms with Gasteiger partial charge in [-0.05, 0) is 24.1 Å². The molecular weight excluding hydrogens is 339 g/mol. The van der Waals surface area contributed by atoms with Gasteiger partial charge in [-0.1, -0.05) is 76.2 Å². The number of nitrogens with zero attached hydrogens (tertiary/aromatic N) is 2. The monoisotopic (exact) mass is 372 g/mol. The smallest absolute Gasteiger partial charge is 0.123 e. The number of aromatic nitrogens is 2. The number of hydrogen-bond acceptors (Lipinski definition) is 2. The molecule has 1 heterocycles. The predicted octanol–water partition coefficient (Wildman–Crippen LogP) is 6.26. The largest absolute Gasteiger partial charge is 0.372 e. The van der Waals surface area contributed by atoms with Crippen molar-refractivity contribution in [3.63, 3.8) is 0 Å². The van der Waals surface area contributed by atoms with Crippen molar-refractivity contribution in [1.29, 1.82) is 0 Å². The van der Waals surface area contributed by atoms with E-state index in [4.69, 9.17) is 4.74 Å². The zero-order valence-electron chi connectivity index (χ0n) is 16.5. The van der Waals surface area contributed by atoms with E-state index in [0.717, 1.165) is 25.1 Å². The van der Waals surface area contributed by atoms with Crippen molar-refractivity contribution in [2.75, 3.05) is 6.61 Å². The van der Waals surface area contributed by atoms with Crippen LogP contribution in [0.1, 0.15) is 63.9 Å². The van der Waals surface area contributed by atoms with E-state index in [1.165, 1.54) is 57.1 Å². The number of hydrogen-bond donors (Lipinski definition) is 0. The Morgan fingerprint density at radius 1 is 1.04 bits per heavy atom. The molecule has 0 bridgehead atoms. The fourth-order valence-electron chi connectivity index (χ4n) is 3.03. The molecule has 148 valence electrons. The Morgan fingerprint density at radius 2 is 1.74 bits per heavy atom. The van der Waals surface area contributed by atoms with Gasteiger partial charge in [-0.25, -0.2) is 9.37 Å². The summed E-state index contributed by atoms with van der Waals surface area (Å²) in [5.41, 5.74) is 0.975. The predicted molar refractivity (Wildman–Crippen MR) is 110 cm³/mol. The number of rotatable bonds is 14.